The molecule has 0 aliphatic rings. The second-order valence-electron chi connectivity index (χ2n) is 1.30. The molecule has 1 aromatic rings. The van der Waals surface area contributed by atoms with Gasteiger partial charge >= 0.3 is 5.63 Å². The molecule has 0 bridgehead atoms. The van der Waals surface area contributed by atoms with Crippen molar-refractivity contribution in [3.63, 3.8) is 0 Å². The van der Waals surface area contributed by atoms with Gasteiger partial charge in [-0.25, -0.2) is 10.2 Å². The number of nitrogens with one attached hydrogen (secondary N) is 1. The van der Waals surface area contributed by atoms with Gasteiger partial charge in [-0.15, -0.1) is 4.85 Å². The van der Waals surface area contributed by atoms with Crippen molar-refractivity contribution in [1.29, 1.82) is 0 Å². The highest BCUT2D eigenvalue weighted by Crippen LogP contribution is 1.73. The molecular weight excluding hydrogens is 124 g/mol. The molecule has 0 spiro atoms. The number of aromatic nitrogens is 1. The van der Waals surface area contributed by atoms with Crippen LogP contribution in [0.1, 0.15) is 0 Å². The third-order valence-electron chi connectivity index (χ3n) is 0.714. The first-order valence-corrected chi connectivity index (χ1v) is 2.22. The van der Waals surface area contributed by atoms with E-state index < -0.39 is 5.63 Å². The van der Waals surface area contributed by atoms with Crippen molar-refractivity contribution in [2.75, 3.05) is 5.43 Å². The fourth-order valence-corrected chi connectivity index (χ4v) is 0.408. The molecule has 0 aromatic carbocycles. The maximum absolute atomic E-state index is 10.2. The standard InChI is InChI=1S/C4H4N2O3/c7-3-5-6-2-1-4(8)9-6/h1-3H,(H,5,7). The maximum atomic E-state index is 10.2. The number of carbonyl (C=O) groups excluding carboxylic acids is 1. The molecule has 48 valence electrons. The summed E-state index contributed by atoms with van der Waals surface area (Å²) in [5, 5.41) is 0. The first-order chi connectivity index (χ1) is 4.33. The normalized spacial score (nSPS) is 8.89. The van der Waals surface area contributed by atoms with E-state index in [0.29, 0.717) is 6.41 Å². The topological polar surface area (TPSA) is 64.2 Å². The molecule has 0 unspecified atom stereocenters. The average molecular weight is 128 g/mol. The van der Waals surface area contributed by atoms with Crippen molar-refractivity contribution in [1.82, 2.24) is 4.85 Å². The van der Waals surface area contributed by atoms with Gasteiger partial charge in [0.1, 0.15) is 0 Å². The zero-order valence-corrected chi connectivity index (χ0v) is 4.40. The number of rotatable bonds is 2. The van der Waals surface area contributed by atoms with Crippen molar-refractivity contribution in [2.45, 2.75) is 0 Å². The minimum atomic E-state index is -0.496. The number of carbonyl (C=O) groups is 1. The van der Waals surface area contributed by atoms with Crippen LogP contribution in [0.5, 0.6) is 0 Å². The lowest BCUT2D eigenvalue weighted by Crippen LogP contribution is -2.10. The number of nitrogens with zero attached hydrogens (tertiary/aromatic N) is 1. The Kier molecular flexibility index (Phi) is 1.35. The van der Waals surface area contributed by atoms with E-state index >= 15 is 0 Å². The molecule has 0 atom stereocenters. The molecule has 1 aromatic heterocycles. The molecule has 0 aliphatic carbocycles. The first-order valence-electron chi connectivity index (χ1n) is 2.22. The monoisotopic (exact) mass is 128 g/mol. The van der Waals surface area contributed by atoms with Gasteiger partial charge in [-0.3, -0.25) is 4.79 Å². The van der Waals surface area contributed by atoms with Crippen LogP contribution in [0.3, 0.4) is 0 Å². The van der Waals surface area contributed by atoms with Crippen LogP contribution in [0.15, 0.2) is 21.6 Å². The van der Waals surface area contributed by atoms with Gasteiger partial charge in [0.15, 0.2) is 0 Å². The molecule has 9 heavy (non-hydrogen) atoms. The zero-order valence-electron chi connectivity index (χ0n) is 4.40. The number of hydrogen-bond acceptors (Lipinski definition) is 3. The molecule has 0 radical (unpaired) electrons. The third-order valence-corrected chi connectivity index (χ3v) is 0.714. The molecule has 1 rings (SSSR count). The van der Waals surface area contributed by atoms with E-state index in [4.69, 9.17) is 0 Å². The van der Waals surface area contributed by atoms with Crippen LogP contribution in [-0.2, 0) is 4.79 Å². The van der Waals surface area contributed by atoms with Gasteiger partial charge < -0.3 is 4.52 Å². The minimum absolute atomic E-state index is 0.406. The van der Waals surface area contributed by atoms with Gasteiger partial charge in [-0.05, 0) is 0 Å². The molecule has 5 heteroatoms. The molecule has 1 amide bonds. The van der Waals surface area contributed by atoms with E-state index in [1.165, 1.54) is 12.3 Å². The Labute approximate surface area is 49.8 Å². The van der Waals surface area contributed by atoms with Crippen LogP contribution in [0.2, 0.25) is 0 Å². The fourth-order valence-electron chi connectivity index (χ4n) is 0.408. The number of hydrogen-bond donors (Lipinski definition) is 1. The summed E-state index contributed by atoms with van der Waals surface area (Å²) in [5.74, 6) is 0. The predicted molar refractivity (Wildman–Crippen MR) is 28.4 cm³/mol. The lowest BCUT2D eigenvalue weighted by molar-refractivity contribution is -0.106. The van der Waals surface area contributed by atoms with E-state index in [1.807, 2.05) is 0 Å². The molecule has 0 fully saturated rings. The van der Waals surface area contributed by atoms with Crippen LogP contribution in [-0.4, -0.2) is 11.3 Å². The van der Waals surface area contributed by atoms with E-state index in [0.717, 1.165) is 4.85 Å². The van der Waals surface area contributed by atoms with Gasteiger partial charge in [0, 0.05) is 6.07 Å². The third kappa shape index (κ3) is 1.18. The summed E-state index contributed by atoms with van der Waals surface area (Å²) in [6.45, 7) is 0. The van der Waals surface area contributed by atoms with Crippen molar-refractivity contribution < 1.29 is 9.32 Å². The van der Waals surface area contributed by atoms with Crippen LogP contribution in [0.4, 0.5) is 0 Å². The Morgan fingerprint density at radius 3 is 3.00 bits per heavy atom. The Morgan fingerprint density at radius 2 is 2.56 bits per heavy atom. The largest absolute Gasteiger partial charge is 0.360 e. The lowest BCUT2D eigenvalue weighted by atomic mass is 10.8. The Balaban J connectivity index is 2.84. The lowest BCUT2D eigenvalue weighted by Gasteiger charge is -1.90. The summed E-state index contributed by atoms with van der Waals surface area (Å²) in [6.07, 6.45) is 1.71. The van der Waals surface area contributed by atoms with Gasteiger partial charge in [0.2, 0.25) is 6.41 Å². The molecule has 1 heterocycles. The van der Waals surface area contributed by atoms with Gasteiger partial charge in [-0.1, -0.05) is 0 Å². The highest BCUT2D eigenvalue weighted by Gasteiger charge is 1.88. The van der Waals surface area contributed by atoms with E-state index in [1.54, 1.807) is 0 Å². The van der Waals surface area contributed by atoms with Crippen molar-refractivity contribution in [3.8, 4) is 0 Å². The predicted octanol–water partition coefficient (Wildman–Crippen LogP) is -0.859. The summed E-state index contributed by atoms with van der Waals surface area (Å²) >= 11 is 0. The van der Waals surface area contributed by atoms with Crippen molar-refractivity contribution >= 4 is 6.41 Å². The number of amides is 1. The summed E-state index contributed by atoms with van der Waals surface area (Å²) < 4.78 is 4.34. The smallest absolute Gasteiger partial charge is 0.316 e. The van der Waals surface area contributed by atoms with Crippen molar-refractivity contribution in [2.24, 2.45) is 0 Å². The zero-order chi connectivity index (χ0) is 6.69. The summed E-state index contributed by atoms with van der Waals surface area (Å²) in [6, 6.07) is 1.19. The van der Waals surface area contributed by atoms with Gasteiger partial charge in [-0.2, -0.15) is 0 Å². The highest BCUT2D eigenvalue weighted by molar-refractivity contribution is 5.55. The molecule has 5 nitrogen and oxygen atoms in total. The van der Waals surface area contributed by atoms with Crippen LogP contribution < -0.4 is 11.1 Å². The SMILES string of the molecule is O=CNn1ccc(=O)o1. The molecule has 0 aliphatic heterocycles. The minimum Gasteiger partial charge on any atom is -0.316 e. The van der Waals surface area contributed by atoms with Gasteiger partial charge in [0.25, 0.3) is 0 Å². The van der Waals surface area contributed by atoms with Crippen LogP contribution >= 0.6 is 0 Å². The molecule has 1 N–H and O–H groups in total. The maximum Gasteiger partial charge on any atom is 0.360 e. The highest BCUT2D eigenvalue weighted by atomic mass is 16.5. The molecular formula is C4H4N2O3. The Bertz CT molecular complexity index is 248. The summed E-state index contributed by atoms with van der Waals surface area (Å²) in [7, 11) is 0. The van der Waals surface area contributed by atoms with Crippen molar-refractivity contribution in [3.05, 3.63) is 22.7 Å². The van der Waals surface area contributed by atoms with Gasteiger partial charge in [0.05, 0.1) is 6.20 Å². The van der Waals surface area contributed by atoms with E-state index in [9.17, 15) is 9.59 Å². The Hall–Kier alpha value is -1.52. The average Bonchev–Trinajstić information content (AvgIpc) is 2.17. The van der Waals surface area contributed by atoms with E-state index in [2.05, 4.69) is 9.95 Å². The van der Waals surface area contributed by atoms with Crippen LogP contribution in [0, 0.1) is 0 Å². The summed E-state index contributed by atoms with van der Waals surface area (Å²) in [5.41, 5.74) is 1.60. The fraction of sp³-hybridized carbons (Fsp3) is 0. The second-order valence-corrected chi connectivity index (χ2v) is 1.30. The second kappa shape index (κ2) is 2.17. The first kappa shape index (κ1) is 5.61. The molecule has 0 saturated heterocycles. The summed E-state index contributed by atoms with van der Waals surface area (Å²) in [4.78, 5) is 20.8. The van der Waals surface area contributed by atoms with E-state index in [-0.39, 0.29) is 0 Å². The van der Waals surface area contributed by atoms with Crippen LogP contribution in [0.25, 0.3) is 0 Å². The quantitative estimate of drug-likeness (QED) is 0.527. The molecule has 0 saturated carbocycles. The Morgan fingerprint density at radius 1 is 1.78 bits per heavy atom.